The normalized spacial score (nSPS) is 13.5. The number of allylic oxidation sites excluding steroid dienone is 1. The van der Waals surface area contributed by atoms with Crippen molar-refractivity contribution in [3.05, 3.63) is 49.8 Å². The topological polar surface area (TPSA) is 106 Å². The minimum absolute atomic E-state index is 0.169. The second-order valence-electron chi connectivity index (χ2n) is 4.34. The van der Waals surface area contributed by atoms with E-state index < -0.39 is 17.1 Å². The maximum atomic E-state index is 11.9. The van der Waals surface area contributed by atoms with Crippen LogP contribution >= 0.6 is 0 Å². The van der Waals surface area contributed by atoms with Gasteiger partial charge in [-0.3, -0.25) is 9.59 Å². The molecule has 0 fully saturated rings. The molecule has 1 aliphatic rings. The molecule has 6 heteroatoms. The van der Waals surface area contributed by atoms with E-state index in [-0.39, 0.29) is 10.9 Å². The highest BCUT2D eigenvalue weighted by Crippen LogP contribution is 2.23. The summed E-state index contributed by atoms with van der Waals surface area (Å²) < 4.78 is 5.17. The summed E-state index contributed by atoms with van der Waals surface area (Å²) in [5.74, 6) is -0.425. The first-order valence-corrected chi connectivity index (χ1v) is 5.77. The van der Waals surface area contributed by atoms with Crippen LogP contribution in [0.2, 0.25) is 0 Å². The fourth-order valence-corrected chi connectivity index (χ4v) is 2.25. The standard InChI is InChI=1S/C13H10N2O4/c14-11(16)8-5-7-10(15-12(8)17)6-3-1-2-4-9(6)19-13(7)18/h2,4-5H,1,3H2,(H2,14,16)(H,15,17). The predicted octanol–water partition coefficient (Wildman–Crippen LogP) is 0.540. The second kappa shape index (κ2) is 3.94. The molecule has 3 N–H and O–H groups in total. The van der Waals surface area contributed by atoms with Crippen molar-refractivity contribution in [3.8, 4) is 0 Å². The van der Waals surface area contributed by atoms with E-state index in [0.29, 0.717) is 17.7 Å². The molecule has 0 aliphatic heterocycles. The van der Waals surface area contributed by atoms with Crippen LogP contribution in [-0.2, 0) is 6.42 Å². The molecule has 96 valence electrons. The van der Waals surface area contributed by atoms with Crippen LogP contribution in [0.4, 0.5) is 0 Å². The van der Waals surface area contributed by atoms with E-state index in [1.807, 2.05) is 6.08 Å². The van der Waals surface area contributed by atoms with Gasteiger partial charge in [0, 0.05) is 5.56 Å². The van der Waals surface area contributed by atoms with Gasteiger partial charge in [-0.25, -0.2) is 4.79 Å². The molecule has 0 atom stereocenters. The minimum Gasteiger partial charge on any atom is -0.423 e. The lowest BCUT2D eigenvalue weighted by molar-refractivity contribution is 0.0999. The molecule has 0 aromatic carbocycles. The Morgan fingerprint density at radius 3 is 2.89 bits per heavy atom. The highest BCUT2D eigenvalue weighted by Gasteiger charge is 2.17. The molecular formula is C13H10N2O4. The lowest BCUT2D eigenvalue weighted by atomic mass is 10.00. The van der Waals surface area contributed by atoms with E-state index in [1.54, 1.807) is 6.08 Å². The SMILES string of the molecule is NC(=O)c1cc2c(=O)oc3c(c2[nH]c1=O)CCC=C3. The summed E-state index contributed by atoms with van der Waals surface area (Å²) in [6.45, 7) is 0. The molecule has 2 heterocycles. The number of fused-ring (bicyclic) bond motifs is 3. The quantitative estimate of drug-likeness (QED) is 0.778. The van der Waals surface area contributed by atoms with Crippen molar-refractivity contribution in [1.82, 2.24) is 4.98 Å². The van der Waals surface area contributed by atoms with Gasteiger partial charge in [-0.1, -0.05) is 6.08 Å². The molecule has 1 amide bonds. The van der Waals surface area contributed by atoms with E-state index in [4.69, 9.17) is 10.2 Å². The Morgan fingerprint density at radius 1 is 1.37 bits per heavy atom. The molecule has 3 rings (SSSR count). The number of aromatic nitrogens is 1. The van der Waals surface area contributed by atoms with Crippen molar-refractivity contribution in [2.75, 3.05) is 0 Å². The highest BCUT2D eigenvalue weighted by molar-refractivity contribution is 5.96. The average molecular weight is 258 g/mol. The Hall–Kier alpha value is -2.63. The Bertz CT molecular complexity index is 842. The number of aromatic amines is 1. The number of aryl methyl sites for hydroxylation is 1. The van der Waals surface area contributed by atoms with Gasteiger partial charge in [0.15, 0.2) is 0 Å². The van der Waals surface area contributed by atoms with E-state index in [1.165, 1.54) is 6.07 Å². The van der Waals surface area contributed by atoms with Crippen molar-refractivity contribution in [2.24, 2.45) is 5.73 Å². The molecule has 0 bridgehead atoms. The number of rotatable bonds is 1. The predicted molar refractivity (Wildman–Crippen MR) is 69.0 cm³/mol. The molecule has 0 spiro atoms. The van der Waals surface area contributed by atoms with Crippen molar-refractivity contribution >= 4 is 22.9 Å². The van der Waals surface area contributed by atoms with Gasteiger partial charge in [-0.2, -0.15) is 0 Å². The number of hydrogen-bond donors (Lipinski definition) is 2. The molecule has 6 nitrogen and oxygen atoms in total. The van der Waals surface area contributed by atoms with Crippen LogP contribution in [0.15, 0.2) is 26.1 Å². The monoisotopic (exact) mass is 258 g/mol. The van der Waals surface area contributed by atoms with Gasteiger partial charge in [0.2, 0.25) is 0 Å². The zero-order chi connectivity index (χ0) is 13.6. The summed E-state index contributed by atoms with van der Waals surface area (Å²) in [6, 6.07) is 1.20. The summed E-state index contributed by atoms with van der Waals surface area (Å²) in [5.41, 5.74) is 4.84. The molecule has 19 heavy (non-hydrogen) atoms. The number of primary amides is 1. The first-order valence-electron chi connectivity index (χ1n) is 5.77. The first-order chi connectivity index (χ1) is 9.08. The fraction of sp³-hybridized carbons (Fsp3) is 0.154. The van der Waals surface area contributed by atoms with Gasteiger partial charge in [-0.15, -0.1) is 0 Å². The van der Waals surface area contributed by atoms with E-state index in [0.717, 1.165) is 12.0 Å². The van der Waals surface area contributed by atoms with Crippen LogP contribution in [-0.4, -0.2) is 10.9 Å². The van der Waals surface area contributed by atoms with Crippen molar-refractivity contribution < 1.29 is 9.21 Å². The summed E-state index contributed by atoms with van der Waals surface area (Å²) >= 11 is 0. The number of nitrogens with one attached hydrogen (secondary N) is 1. The van der Waals surface area contributed by atoms with Gasteiger partial charge < -0.3 is 15.1 Å². The lowest BCUT2D eigenvalue weighted by Crippen LogP contribution is -2.25. The molecule has 2 aromatic rings. The Labute approximate surface area is 106 Å². The first kappa shape index (κ1) is 11.5. The fourth-order valence-electron chi connectivity index (χ4n) is 2.25. The van der Waals surface area contributed by atoms with Crippen LogP contribution in [0.25, 0.3) is 17.0 Å². The van der Waals surface area contributed by atoms with Gasteiger partial charge in [-0.05, 0) is 25.0 Å². The second-order valence-corrected chi connectivity index (χ2v) is 4.34. The Balaban J connectivity index is 2.48. The molecule has 0 unspecified atom stereocenters. The van der Waals surface area contributed by atoms with Crippen LogP contribution < -0.4 is 16.9 Å². The summed E-state index contributed by atoms with van der Waals surface area (Å²) in [5, 5.41) is 0.169. The number of hydrogen-bond acceptors (Lipinski definition) is 4. The number of carbonyl (C=O) groups is 1. The summed E-state index contributed by atoms with van der Waals surface area (Å²) in [4.78, 5) is 37.3. The molecule has 0 saturated carbocycles. The van der Waals surface area contributed by atoms with Gasteiger partial charge in [0.1, 0.15) is 11.3 Å². The Kier molecular flexibility index (Phi) is 2.38. The molecule has 2 aromatic heterocycles. The van der Waals surface area contributed by atoms with Crippen LogP contribution in [0.3, 0.4) is 0 Å². The number of nitrogens with two attached hydrogens (primary N) is 1. The van der Waals surface area contributed by atoms with Crippen LogP contribution in [0, 0.1) is 0 Å². The maximum absolute atomic E-state index is 11.9. The minimum atomic E-state index is -0.875. The largest absolute Gasteiger partial charge is 0.423 e. The third-order valence-corrected chi connectivity index (χ3v) is 3.16. The third-order valence-electron chi connectivity index (χ3n) is 3.16. The molecular weight excluding hydrogens is 248 g/mol. The highest BCUT2D eigenvalue weighted by atomic mass is 16.4. The number of H-pyrrole nitrogens is 1. The van der Waals surface area contributed by atoms with Crippen molar-refractivity contribution in [1.29, 1.82) is 0 Å². The Morgan fingerprint density at radius 2 is 2.16 bits per heavy atom. The molecule has 0 radical (unpaired) electrons. The van der Waals surface area contributed by atoms with Gasteiger partial charge in [0.05, 0.1) is 10.9 Å². The van der Waals surface area contributed by atoms with Gasteiger partial charge in [0.25, 0.3) is 11.5 Å². The van der Waals surface area contributed by atoms with Crippen LogP contribution in [0.5, 0.6) is 0 Å². The summed E-state index contributed by atoms with van der Waals surface area (Å²) in [7, 11) is 0. The average Bonchev–Trinajstić information content (AvgIpc) is 2.38. The zero-order valence-corrected chi connectivity index (χ0v) is 9.86. The van der Waals surface area contributed by atoms with E-state index in [2.05, 4.69) is 4.98 Å². The molecule has 0 saturated heterocycles. The third kappa shape index (κ3) is 1.69. The number of carbonyl (C=O) groups excluding carboxylic acids is 1. The smallest absolute Gasteiger partial charge is 0.345 e. The molecule has 1 aliphatic carbocycles. The lowest BCUT2D eigenvalue weighted by Gasteiger charge is -2.11. The number of amides is 1. The van der Waals surface area contributed by atoms with Crippen LogP contribution in [0.1, 0.15) is 28.1 Å². The summed E-state index contributed by atoms with van der Waals surface area (Å²) in [6.07, 6.45) is 5.07. The van der Waals surface area contributed by atoms with E-state index in [9.17, 15) is 14.4 Å². The zero-order valence-electron chi connectivity index (χ0n) is 9.86. The van der Waals surface area contributed by atoms with Crippen molar-refractivity contribution in [2.45, 2.75) is 12.8 Å². The maximum Gasteiger partial charge on any atom is 0.345 e. The number of pyridine rings is 1. The van der Waals surface area contributed by atoms with Gasteiger partial charge >= 0.3 is 5.63 Å². The van der Waals surface area contributed by atoms with Crippen molar-refractivity contribution in [3.63, 3.8) is 0 Å². The van der Waals surface area contributed by atoms with E-state index >= 15 is 0 Å².